The van der Waals surface area contributed by atoms with Crippen molar-refractivity contribution in [3.63, 3.8) is 0 Å². The summed E-state index contributed by atoms with van der Waals surface area (Å²) in [6.45, 7) is 6.30. The molecule has 0 fully saturated rings. The van der Waals surface area contributed by atoms with Crippen molar-refractivity contribution in [3.8, 4) is 5.75 Å². The first-order valence-electron chi connectivity index (χ1n) is 5.78. The molecule has 1 N–H and O–H groups in total. The highest BCUT2D eigenvalue weighted by atomic mass is 16.5. The van der Waals surface area contributed by atoms with Crippen molar-refractivity contribution in [2.45, 2.75) is 13.5 Å². The summed E-state index contributed by atoms with van der Waals surface area (Å²) in [5, 5.41) is 3.42. The summed E-state index contributed by atoms with van der Waals surface area (Å²) in [5.74, 6) is 0.912. The molecule has 0 bridgehead atoms. The van der Waals surface area contributed by atoms with Gasteiger partial charge in [-0.25, -0.2) is 0 Å². The zero-order valence-corrected chi connectivity index (χ0v) is 10.5. The van der Waals surface area contributed by atoms with Gasteiger partial charge < -0.3 is 15.0 Å². The summed E-state index contributed by atoms with van der Waals surface area (Å²) >= 11 is 0. The second kappa shape index (κ2) is 7.25. The number of methoxy groups -OCH3 is 1. The Balaban J connectivity index is 2.21. The van der Waals surface area contributed by atoms with E-state index < -0.39 is 0 Å². The Bertz CT molecular complexity index is 284. The summed E-state index contributed by atoms with van der Waals surface area (Å²) in [6.07, 6.45) is 0. The molecule has 0 saturated carbocycles. The van der Waals surface area contributed by atoms with Gasteiger partial charge in [0, 0.05) is 19.6 Å². The maximum absolute atomic E-state index is 5.11. The Kier molecular flexibility index (Phi) is 5.90. The standard InChI is InChI=1S/C13H22N2O/c1-4-15(2)10-9-14-11-12-5-7-13(16-3)8-6-12/h5-8,14H,4,9-11H2,1-3H3. The van der Waals surface area contributed by atoms with Gasteiger partial charge in [0.25, 0.3) is 0 Å². The summed E-state index contributed by atoms with van der Waals surface area (Å²) in [7, 11) is 3.82. The Labute approximate surface area is 98.4 Å². The van der Waals surface area contributed by atoms with Crippen molar-refractivity contribution in [1.29, 1.82) is 0 Å². The zero-order valence-electron chi connectivity index (χ0n) is 10.5. The first kappa shape index (κ1) is 13.0. The van der Waals surface area contributed by atoms with Gasteiger partial charge in [-0.05, 0) is 31.3 Å². The van der Waals surface area contributed by atoms with Crippen LogP contribution in [0, 0.1) is 0 Å². The zero-order chi connectivity index (χ0) is 11.8. The molecular weight excluding hydrogens is 200 g/mol. The molecule has 1 rings (SSSR count). The molecule has 0 aliphatic heterocycles. The number of likely N-dealkylation sites (N-methyl/N-ethyl adjacent to an activating group) is 1. The maximum atomic E-state index is 5.11. The summed E-state index contributed by atoms with van der Waals surface area (Å²) < 4.78 is 5.11. The average Bonchev–Trinajstić information content (AvgIpc) is 2.35. The molecule has 1 aromatic rings. The van der Waals surface area contributed by atoms with E-state index in [2.05, 4.69) is 36.3 Å². The van der Waals surface area contributed by atoms with Crippen LogP contribution >= 0.6 is 0 Å². The second-order valence-electron chi connectivity index (χ2n) is 3.92. The van der Waals surface area contributed by atoms with Crippen LogP contribution < -0.4 is 10.1 Å². The van der Waals surface area contributed by atoms with Crippen LogP contribution in [0.1, 0.15) is 12.5 Å². The normalized spacial score (nSPS) is 10.8. The average molecular weight is 222 g/mol. The smallest absolute Gasteiger partial charge is 0.118 e. The predicted octanol–water partition coefficient (Wildman–Crippen LogP) is 1.74. The van der Waals surface area contributed by atoms with Crippen LogP contribution in [0.4, 0.5) is 0 Å². The topological polar surface area (TPSA) is 24.5 Å². The number of ether oxygens (including phenoxy) is 1. The van der Waals surface area contributed by atoms with Gasteiger partial charge in [0.1, 0.15) is 5.75 Å². The Morgan fingerprint density at radius 3 is 2.50 bits per heavy atom. The predicted molar refractivity (Wildman–Crippen MR) is 67.9 cm³/mol. The highest BCUT2D eigenvalue weighted by Crippen LogP contribution is 2.10. The Morgan fingerprint density at radius 1 is 1.25 bits per heavy atom. The highest BCUT2D eigenvalue weighted by Gasteiger charge is 1.95. The Morgan fingerprint density at radius 2 is 1.94 bits per heavy atom. The molecule has 0 amide bonds. The lowest BCUT2D eigenvalue weighted by atomic mass is 10.2. The monoisotopic (exact) mass is 222 g/mol. The van der Waals surface area contributed by atoms with E-state index in [-0.39, 0.29) is 0 Å². The summed E-state index contributed by atoms with van der Waals surface area (Å²) in [4.78, 5) is 2.29. The molecule has 0 radical (unpaired) electrons. The minimum Gasteiger partial charge on any atom is -0.497 e. The van der Waals surface area contributed by atoms with Crippen molar-refractivity contribution in [2.75, 3.05) is 33.8 Å². The number of rotatable bonds is 7. The number of hydrogen-bond donors (Lipinski definition) is 1. The van der Waals surface area contributed by atoms with Crippen LogP contribution in [0.3, 0.4) is 0 Å². The summed E-state index contributed by atoms with van der Waals surface area (Å²) in [6, 6.07) is 8.18. The van der Waals surface area contributed by atoms with Crippen LogP contribution in [0.25, 0.3) is 0 Å². The molecule has 3 heteroatoms. The van der Waals surface area contributed by atoms with Crippen molar-refractivity contribution < 1.29 is 4.74 Å². The minimum absolute atomic E-state index is 0.912. The molecule has 0 aliphatic carbocycles. The third kappa shape index (κ3) is 4.64. The third-order valence-corrected chi connectivity index (χ3v) is 2.70. The van der Waals surface area contributed by atoms with Crippen LogP contribution in [-0.4, -0.2) is 38.7 Å². The van der Waals surface area contributed by atoms with E-state index in [4.69, 9.17) is 4.74 Å². The van der Waals surface area contributed by atoms with E-state index in [1.807, 2.05) is 12.1 Å². The van der Waals surface area contributed by atoms with Gasteiger partial charge in [0.2, 0.25) is 0 Å². The molecule has 0 spiro atoms. The van der Waals surface area contributed by atoms with Crippen LogP contribution in [0.15, 0.2) is 24.3 Å². The maximum Gasteiger partial charge on any atom is 0.118 e. The van der Waals surface area contributed by atoms with E-state index in [1.54, 1.807) is 7.11 Å². The van der Waals surface area contributed by atoms with Gasteiger partial charge in [-0.1, -0.05) is 19.1 Å². The first-order valence-corrected chi connectivity index (χ1v) is 5.78. The van der Waals surface area contributed by atoms with E-state index in [0.717, 1.165) is 31.9 Å². The van der Waals surface area contributed by atoms with E-state index in [9.17, 15) is 0 Å². The van der Waals surface area contributed by atoms with Gasteiger partial charge in [0.05, 0.1) is 7.11 Å². The molecule has 0 saturated heterocycles. The fourth-order valence-corrected chi connectivity index (χ4v) is 1.40. The van der Waals surface area contributed by atoms with E-state index >= 15 is 0 Å². The molecule has 3 nitrogen and oxygen atoms in total. The third-order valence-electron chi connectivity index (χ3n) is 2.70. The Hall–Kier alpha value is -1.06. The number of nitrogens with zero attached hydrogens (tertiary/aromatic N) is 1. The molecule has 0 aromatic heterocycles. The molecule has 1 aromatic carbocycles. The molecular formula is C13H22N2O. The van der Waals surface area contributed by atoms with E-state index in [1.165, 1.54) is 5.56 Å². The van der Waals surface area contributed by atoms with Crippen LogP contribution in [0.5, 0.6) is 5.75 Å². The van der Waals surface area contributed by atoms with Crippen LogP contribution in [-0.2, 0) is 6.54 Å². The molecule has 16 heavy (non-hydrogen) atoms. The summed E-state index contributed by atoms with van der Waals surface area (Å²) in [5.41, 5.74) is 1.29. The van der Waals surface area contributed by atoms with Gasteiger partial charge >= 0.3 is 0 Å². The fourth-order valence-electron chi connectivity index (χ4n) is 1.40. The lowest BCUT2D eigenvalue weighted by molar-refractivity contribution is 0.349. The van der Waals surface area contributed by atoms with Gasteiger partial charge in [-0.15, -0.1) is 0 Å². The number of benzene rings is 1. The quantitative estimate of drug-likeness (QED) is 0.711. The SMILES string of the molecule is CCN(C)CCNCc1ccc(OC)cc1. The van der Waals surface area contributed by atoms with E-state index in [0.29, 0.717) is 0 Å². The molecule has 0 heterocycles. The minimum atomic E-state index is 0.912. The lowest BCUT2D eigenvalue weighted by Gasteiger charge is -2.14. The van der Waals surface area contributed by atoms with Crippen molar-refractivity contribution >= 4 is 0 Å². The lowest BCUT2D eigenvalue weighted by Crippen LogP contribution is -2.28. The number of nitrogens with one attached hydrogen (secondary N) is 1. The highest BCUT2D eigenvalue weighted by molar-refractivity contribution is 5.26. The first-order chi connectivity index (χ1) is 7.76. The fraction of sp³-hybridized carbons (Fsp3) is 0.538. The second-order valence-corrected chi connectivity index (χ2v) is 3.92. The molecule has 0 aliphatic rings. The van der Waals surface area contributed by atoms with Crippen molar-refractivity contribution in [3.05, 3.63) is 29.8 Å². The molecule has 90 valence electrons. The molecule has 0 unspecified atom stereocenters. The number of hydrogen-bond acceptors (Lipinski definition) is 3. The van der Waals surface area contributed by atoms with Gasteiger partial charge in [0.15, 0.2) is 0 Å². The largest absolute Gasteiger partial charge is 0.497 e. The van der Waals surface area contributed by atoms with Gasteiger partial charge in [-0.2, -0.15) is 0 Å². The van der Waals surface area contributed by atoms with Crippen LogP contribution in [0.2, 0.25) is 0 Å². The van der Waals surface area contributed by atoms with Gasteiger partial charge in [-0.3, -0.25) is 0 Å². The molecule has 0 atom stereocenters. The van der Waals surface area contributed by atoms with Crippen molar-refractivity contribution in [1.82, 2.24) is 10.2 Å². The van der Waals surface area contributed by atoms with Crippen molar-refractivity contribution in [2.24, 2.45) is 0 Å².